The maximum atomic E-state index is 13.7. The van der Waals surface area contributed by atoms with Crippen LogP contribution in [0.15, 0.2) is 121 Å². The van der Waals surface area contributed by atoms with Crippen molar-refractivity contribution in [2.24, 2.45) is 0 Å². The van der Waals surface area contributed by atoms with Gasteiger partial charge in [-0.15, -0.1) is 0 Å². The molecule has 0 aromatic heterocycles. The van der Waals surface area contributed by atoms with E-state index in [9.17, 15) is 28.7 Å². The summed E-state index contributed by atoms with van der Waals surface area (Å²) in [4.78, 5) is 41.4. The molecule has 0 aliphatic rings. The lowest BCUT2D eigenvalue weighted by atomic mass is 9.81. The van der Waals surface area contributed by atoms with Gasteiger partial charge in [-0.1, -0.05) is 121 Å². The summed E-state index contributed by atoms with van der Waals surface area (Å²) in [6, 6.07) is 35.6. The Morgan fingerprint density at radius 2 is 0.825 bits per heavy atom. The second-order valence-electron chi connectivity index (χ2n) is 9.97. The molecule has 0 heterocycles. The Morgan fingerprint density at radius 1 is 0.500 bits per heavy atom. The number of benzene rings is 4. The molecular formula is C31H34O7P2. The van der Waals surface area contributed by atoms with E-state index in [1.54, 1.807) is 78.9 Å². The van der Waals surface area contributed by atoms with Gasteiger partial charge in [-0.05, 0) is 28.7 Å². The van der Waals surface area contributed by atoms with Gasteiger partial charge in [0.05, 0.1) is 6.61 Å². The summed E-state index contributed by atoms with van der Waals surface area (Å²) >= 11 is 0. The summed E-state index contributed by atoms with van der Waals surface area (Å²) in [7, 11) is -11.2. The van der Waals surface area contributed by atoms with Crippen molar-refractivity contribution in [3.05, 3.63) is 144 Å². The summed E-state index contributed by atoms with van der Waals surface area (Å²) in [6.45, 7) is -0.0137. The fourth-order valence-electron chi connectivity index (χ4n) is 5.37. The summed E-state index contributed by atoms with van der Waals surface area (Å²) < 4.78 is 33.9. The summed E-state index contributed by atoms with van der Waals surface area (Å²) in [6.07, 6.45) is -0.482. The molecule has 9 heteroatoms. The Bertz CT molecular complexity index is 1370. The molecule has 4 aromatic rings. The highest BCUT2D eigenvalue weighted by molar-refractivity contribution is 7.72. The quantitative estimate of drug-likeness (QED) is 0.148. The molecule has 7 nitrogen and oxygen atoms in total. The summed E-state index contributed by atoms with van der Waals surface area (Å²) in [5.41, 5.74) is 0.580. The van der Waals surface area contributed by atoms with Crippen LogP contribution in [-0.2, 0) is 39.6 Å². The molecule has 0 aliphatic carbocycles. The van der Waals surface area contributed by atoms with Crippen molar-refractivity contribution in [2.75, 3.05) is 6.61 Å². The summed E-state index contributed by atoms with van der Waals surface area (Å²) in [5, 5.41) is 0. The van der Waals surface area contributed by atoms with Gasteiger partial charge in [-0.3, -0.25) is 9.13 Å². The van der Waals surface area contributed by atoms with Crippen molar-refractivity contribution in [3.63, 3.8) is 0 Å². The van der Waals surface area contributed by atoms with Crippen molar-refractivity contribution in [3.8, 4) is 0 Å². The van der Waals surface area contributed by atoms with Crippen LogP contribution in [-0.4, -0.2) is 36.7 Å². The molecule has 4 aromatic carbocycles. The molecule has 0 amide bonds. The predicted octanol–water partition coefficient (Wildman–Crippen LogP) is 5.76. The fourth-order valence-corrected chi connectivity index (χ4v) is 9.01. The first-order valence-electron chi connectivity index (χ1n) is 13.0. The molecule has 210 valence electrons. The largest absolute Gasteiger partial charge is 0.372 e. The van der Waals surface area contributed by atoms with Crippen molar-refractivity contribution in [1.29, 1.82) is 0 Å². The van der Waals surface area contributed by atoms with Gasteiger partial charge in [0.25, 0.3) is 0 Å². The van der Waals surface area contributed by atoms with Crippen LogP contribution in [0.5, 0.6) is 0 Å². The van der Waals surface area contributed by atoms with Gasteiger partial charge < -0.3 is 24.3 Å². The van der Waals surface area contributed by atoms with Gasteiger partial charge >= 0.3 is 15.2 Å². The van der Waals surface area contributed by atoms with Crippen LogP contribution in [0.4, 0.5) is 0 Å². The molecule has 0 fully saturated rings. The average molecular weight is 581 g/mol. The molecular weight excluding hydrogens is 546 g/mol. The van der Waals surface area contributed by atoms with E-state index >= 15 is 0 Å². The van der Waals surface area contributed by atoms with Crippen LogP contribution in [0.3, 0.4) is 0 Å². The second kappa shape index (κ2) is 12.8. The van der Waals surface area contributed by atoms with E-state index < -0.39 is 32.1 Å². The van der Waals surface area contributed by atoms with Gasteiger partial charge in [0, 0.05) is 19.3 Å². The number of hydrogen-bond donors (Lipinski definition) is 4. The molecule has 0 aliphatic heterocycles. The Labute approximate surface area is 234 Å². The van der Waals surface area contributed by atoms with Gasteiger partial charge in [0.15, 0.2) is 0 Å². The highest BCUT2D eigenvalue weighted by Crippen LogP contribution is 2.75. The van der Waals surface area contributed by atoms with Crippen LogP contribution in [0.1, 0.15) is 22.3 Å². The van der Waals surface area contributed by atoms with Gasteiger partial charge in [-0.25, -0.2) is 0 Å². The zero-order valence-electron chi connectivity index (χ0n) is 22.0. The summed E-state index contributed by atoms with van der Waals surface area (Å²) in [5.74, 6) is 0. The van der Waals surface area contributed by atoms with Gasteiger partial charge in [0.1, 0.15) is 5.60 Å². The predicted molar refractivity (Wildman–Crippen MR) is 156 cm³/mol. The van der Waals surface area contributed by atoms with Crippen LogP contribution >= 0.6 is 15.2 Å². The Morgan fingerprint density at radius 3 is 1.18 bits per heavy atom. The van der Waals surface area contributed by atoms with E-state index in [2.05, 4.69) is 0 Å². The lowest BCUT2D eigenvalue weighted by Crippen LogP contribution is -2.59. The van der Waals surface area contributed by atoms with Crippen LogP contribution in [0.2, 0.25) is 0 Å². The molecule has 0 unspecified atom stereocenters. The van der Waals surface area contributed by atoms with Crippen molar-refractivity contribution in [1.82, 2.24) is 0 Å². The third-order valence-electron chi connectivity index (χ3n) is 7.26. The number of ether oxygens (including phenoxy) is 1. The first-order valence-corrected chi connectivity index (χ1v) is 16.2. The standard InChI is InChI=1S/C31H34O7P2/c32-39(33,34)31(40(35,36)37,25-29-19-11-4-12-20-29)30(23-27-15-7-2-8-16-27,24-28-17-9-3-10-18-28)38-22-21-26-13-5-1-6-14-26/h1-20H,21-25H2,(H2,32,33,34)(H2,35,36,37). The first-order chi connectivity index (χ1) is 19.1. The third-order valence-corrected chi connectivity index (χ3v) is 11.9. The molecule has 0 saturated heterocycles. The fraction of sp³-hybridized carbons (Fsp3) is 0.226. The smallest absolute Gasteiger partial charge is 0.347 e. The normalized spacial score (nSPS) is 12.8. The molecule has 4 rings (SSSR count). The molecule has 0 spiro atoms. The Kier molecular flexibility index (Phi) is 9.60. The zero-order chi connectivity index (χ0) is 28.7. The Hall–Kier alpha value is -2.86. The molecule has 0 atom stereocenters. The highest BCUT2D eigenvalue weighted by Gasteiger charge is 2.72. The van der Waals surface area contributed by atoms with E-state index in [0.29, 0.717) is 23.1 Å². The second-order valence-corrected chi connectivity index (χ2v) is 14.0. The molecule has 0 saturated carbocycles. The van der Waals surface area contributed by atoms with Crippen molar-refractivity contribution < 1.29 is 33.4 Å². The average Bonchev–Trinajstić information content (AvgIpc) is 2.92. The minimum absolute atomic E-state index is 0.0137. The highest BCUT2D eigenvalue weighted by atomic mass is 31.2. The van der Waals surface area contributed by atoms with Crippen LogP contribution < -0.4 is 0 Å². The Balaban J connectivity index is 1.97. The number of rotatable bonds is 13. The lowest BCUT2D eigenvalue weighted by Gasteiger charge is -2.50. The molecule has 0 bridgehead atoms. The van der Waals surface area contributed by atoms with Gasteiger partial charge in [0.2, 0.25) is 4.90 Å². The van der Waals surface area contributed by atoms with E-state index in [-0.39, 0.29) is 19.4 Å². The monoisotopic (exact) mass is 580 g/mol. The van der Waals surface area contributed by atoms with Crippen LogP contribution in [0, 0.1) is 0 Å². The molecule has 0 radical (unpaired) electrons. The van der Waals surface area contributed by atoms with Crippen molar-refractivity contribution >= 4 is 15.2 Å². The van der Waals surface area contributed by atoms with E-state index in [4.69, 9.17) is 4.74 Å². The zero-order valence-corrected chi connectivity index (χ0v) is 23.8. The topological polar surface area (TPSA) is 124 Å². The maximum absolute atomic E-state index is 13.7. The minimum atomic E-state index is -5.59. The molecule has 4 N–H and O–H groups in total. The third kappa shape index (κ3) is 6.71. The first kappa shape index (κ1) is 30.1. The number of hydrogen-bond acceptors (Lipinski definition) is 3. The van der Waals surface area contributed by atoms with Crippen LogP contribution in [0.25, 0.3) is 0 Å². The minimum Gasteiger partial charge on any atom is -0.372 e. The molecule has 40 heavy (non-hydrogen) atoms. The van der Waals surface area contributed by atoms with Gasteiger partial charge in [-0.2, -0.15) is 0 Å². The van der Waals surface area contributed by atoms with E-state index in [0.717, 1.165) is 5.56 Å². The SMILES string of the molecule is O=P(O)(O)C(Cc1ccccc1)(C(Cc1ccccc1)(Cc1ccccc1)OCCc1ccccc1)P(=O)(O)O. The lowest BCUT2D eigenvalue weighted by molar-refractivity contribution is -0.0657. The van der Waals surface area contributed by atoms with Crippen molar-refractivity contribution in [2.45, 2.75) is 36.2 Å². The maximum Gasteiger partial charge on any atom is 0.347 e. The van der Waals surface area contributed by atoms with E-state index in [1.165, 1.54) is 0 Å². The van der Waals surface area contributed by atoms with E-state index in [1.807, 2.05) is 42.5 Å².